The number of ether oxygens (including phenoxy) is 4. The number of benzene rings is 2. The molecule has 3 heterocycles. The second-order valence-corrected chi connectivity index (χ2v) is 8.53. The van der Waals surface area contributed by atoms with Crippen molar-refractivity contribution >= 4 is 22.4 Å². The van der Waals surface area contributed by atoms with Crippen molar-refractivity contribution < 1.29 is 23.7 Å². The van der Waals surface area contributed by atoms with Gasteiger partial charge in [-0.2, -0.15) is 5.10 Å². The van der Waals surface area contributed by atoms with Crippen LogP contribution in [0, 0.1) is 0 Å². The zero-order valence-corrected chi connectivity index (χ0v) is 21.7. The molecule has 0 atom stereocenters. The van der Waals surface area contributed by atoms with Crippen LogP contribution in [0.25, 0.3) is 16.6 Å². The number of aromatic nitrogens is 4. The molecule has 0 saturated carbocycles. The molecule has 2 aromatic carbocycles. The summed E-state index contributed by atoms with van der Waals surface area (Å²) in [5.74, 6) is 2.44. The number of nitrogens with zero attached hydrogens (tertiary/aromatic N) is 4. The minimum atomic E-state index is -0.213. The van der Waals surface area contributed by atoms with Gasteiger partial charge in [0.15, 0.2) is 28.7 Å². The van der Waals surface area contributed by atoms with Gasteiger partial charge in [0, 0.05) is 29.0 Å². The van der Waals surface area contributed by atoms with E-state index in [2.05, 4.69) is 15.1 Å². The Hall–Kier alpha value is -5.12. The molecule has 0 radical (unpaired) electrons. The number of nitrogen functional groups attached to an aromatic ring is 1. The number of carbonyl (C=O) groups excluding carboxylic acids is 1. The SMILES string of the molecule is CCOc1cn(-c2ccc(N)cc2)nc1C(=O)Cc1ccc(Oc2ccnc3cc(OC)c(OC)cc23)cn1. The molecular formula is C29H27N5O5. The number of rotatable bonds is 10. The molecule has 10 heteroatoms. The molecule has 0 saturated heterocycles. The highest BCUT2D eigenvalue weighted by molar-refractivity contribution is 5.98. The summed E-state index contributed by atoms with van der Waals surface area (Å²) in [6.45, 7) is 2.26. The van der Waals surface area contributed by atoms with Crippen LogP contribution in [0.15, 0.2) is 73.2 Å². The normalized spacial score (nSPS) is 10.8. The molecule has 0 aliphatic carbocycles. The van der Waals surface area contributed by atoms with Gasteiger partial charge in [0.25, 0.3) is 0 Å². The van der Waals surface area contributed by atoms with Crippen LogP contribution in [-0.2, 0) is 6.42 Å². The average molecular weight is 526 g/mol. The van der Waals surface area contributed by atoms with Gasteiger partial charge in [0.05, 0.1) is 50.8 Å². The highest BCUT2D eigenvalue weighted by Crippen LogP contribution is 2.36. The third-order valence-electron chi connectivity index (χ3n) is 5.98. The molecule has 3 aromatic heterocycles. The van der Waals surface area contributed by atoms with Crippen LogP contribution in [-0.4, -0.2) is 46.4 Å². The summed E-state index contributed by atoms with van der Waals surface area (Å²) in [4.78, 5) is 22.0. The summed E-state index contributed by atoms with van der Waals surface area (Å²) in [6, 6.07) is 16.1. The van der Waals surface area contributed by atoms with Crippen molar-refractivity contribution in [3.05, 3.63) is 84.6 Å². The van der Waals surface area contributed by atoms with E-state index in [9.17, 15) is 4.79 Å². The minimum Gasteiger partial charge on any atom is -0.493 e. The lowest BCUT2D eigenvalue weighted by atomic mass is 10.1. The highest BCUT2D eigenvalue weighted by atomic mass is 16.5. The fourth-order valence-corrected chi connectivity index (χ4v) is 4.06. The van der Waals surface area contributed by atoms with Crippen molar-refractivity contribution in [2.45, 2.75) is 13.3 Å². The Morgan fingerprint density at radius 3 is 2.38 bits per heavy atom. The third kappa shape index (κ3) is 5.45. The van der Waals surface area contributed by atoms with Crippen LogP contribution in [0.1, 0.15) is 23.1 Å². The maximum Gasteiger partial charge on any atom is 0.192 e. The van der Waals surface area contributed by atoms with Gasteiger partial charge in [-0.15, -0.1) is 0 Å². The molecule has 0 amide bonds. The lowest BCUT2D eigenvalue weighted by Gasteiger charge is -2.12. The first kappa shape index (κ1) is 25.5. The average Bonchev–Trinajstić information content (AvgIpc) is 3.38. The number of Topliss-reactive ketones (excluding diaryl/α,β-unsaturated/α-hetero) is 1. The number of pyridine rings is 2. The zero-order valence-electron chi connectivity index (χ0n) is 21.7. The standard InChI is InChI=1S/C29H27N5O5/c1-4-38-28-17-34(20-8-5-18(30)6-9-20)33-29(28)24(35)13-19-7-10-21(16-32-19)39-25-11-12-31-23-15-27(37-3)26(36-2)14-22(23)25/h5-12,14-17H,4,13,30H2,1-3H3. The molecule has 0 aliphatic rings. The van der Waals surface area contributed by atoms with Crippen molar-refractivity contribution in [1.82, 2.24) is 19.7 Å². The molecule has 198 valence electrons. The van der Waals surface area contributed by atoms with Crippen LogP contribution in [0.4, 0.5) is 5.69 Å². The fourth-order valence-electron chi connectivity index (χ4n) is 4.06. The predicted molar refractivity (Wildman–Crippen MR) is 146 cm³/mol. The molecule has 0 bridgehead atoms. The molecule has 0 unspecified atom stereocenters. The van der Waals surface area contributed by atoms with E-state index in [4.69, 9.17) is 24.7 Å². The Bertz CT molecular complexity index is 1610. The van der Waals surface area contributed by atoms with E-state index in [-0.39, 0.29) is 17.9 Å². The summed E-state index contributed by atoms with van der Waals surface area (Å²) >= 11 is 0. The van der Waals surface area contributed by atoms with E-state index in [0.717, 1.165) is 11.1 Å². The van der Waals surface area contributed by atoms with E-state index in [0.29, 0.717) is 52.3 Å². The van der Waals surface area contributed by atoms with Crippen molar-refractivity contribution in [2.24, 2.45) is 0 Å². The minimum absolute atomic E-state index is 0.0499. The second kappa shape index (κ2) is 11.1. The number of hydrogen-bond donors (Lipinski definition) is 1. The molecule has 0 aliphatic heterocycles. The van der Waals surface area contributed by atoms with Gasteiger partial charge in [-0.05, 0) is 55.5 Å². The quantitative estimate of drug-likeness (QED) is 0.197. The number of nitrogens with two attached hydrogens (primary N) is 1. The molecular weight excluding hydrogens is 498 g/mol. The van der Waals surface area contributed by atoms with Crippen molar-refractivity contribution in [3.63, 3.8) is 0 Å². The lowest BCUT2D eigenvalue weighted by Crippen LogP contribution is -2.09. The Labute approximate surface area is 224 Å². The van der Waals surface area contributed by atoms with Gasteiger partial charge in [-0.25, -0.2) is 4.68 Å². The van der Waals surface area contributed by atoms with E-state index in [1.54, 1.807) is 73.9 Å². The van der Waals surface area contributed by atoms with Crippen LogP contribution in [0.3, 0.4) is 0 Å². The highest BCUT2D eigenvalue weighted by Gasteiger charge is 2.20. The van der Waals surface area contributed by atoms with Crippen LogP contribution in [0.2, 0.25) is 0 Å². The molecule has 2 N–H and O–H groups in total. The largest absolute Gasteiger partial charge is 0.493 e. The Morgan fingerprint density at radius 2 is 1.69 bits per heavy atom. The maximum absolute atomic E-state index is 13.2. The van der Waals surface area contributed by atoms with Gasteiger partial charge in [0.2, 0.25) is 0 Å². The molecule has 39 heavy (non-hydrogen) atoms. The van der Waals surface area contributed by atoms with Crippen LogP contribution < -0.4 is 24.7 Å². The molecule has 5 rings (SSSR count). The summed E-state index contributed by atoms with van der Waals surface area (Å²) in [5.41, 5.74) is 8.70. The van der Waals surface area contributed by atoms with Crippen molar-refractivity contribution in [3.8, 4) is 34.4 Å². The number of ketones is 1. The number of fused-ring (bicyclic) bond motifs is 1. The first-order valence-corrected chi connectivity index (χ1v) is 12.2. The third-order valence-corrected chi connectivity index (χ3v) is 5.98. The summed E-state index contributed by atoms with van der Waals surface area (Å²) in [7, 11) is 3.15. The molecule has 0 fully saturated rings. The Kier molecular flexibility index (Phi) is 7.26. The van der Waals surface area contributed by atoms with Gasteiger partial charge in [0.1, 0.15) is 11.5 Å². The maximum atomic E-state index is 13.2. The Balaban J connectivity index is 1.34. The first-order valence-electron chi connectivity index (χ1n) is 12.2. The number of carbonyl (C=O) groups is 1. The lowest BCUT2D eigenvalue weighted by molar-refractivity contribution is 0.0983. The Morgan fingerprint density at radius 1 is 0.923 bits per heavy atom. The monoisotopic (exact) mass is 525 g/mol. The second-order valence-electron chi connectivity index (χ2n) is 8.53. The van der Waals surface area contributed by atoms with Gasteiger partial charge < -0.3 is 24.7 Å². The van der Waals surface area contributed by atoms with E-state index >= 15 is 0 Å². The fraction of sp³-hybridized carbons (Fsp3) is 0.172. The van der Waals surface area contributed by atoms with E-state index < -0.39 is 0 Å². The zero-order chi connectivity index (χ0) is 27.4. The van der Waals surface area contributed by atoms with E-state index in [1.807, 2.05) is 25.1 Å². The van der Waals surface area contributed by atoms with Gasteiger partial charge in [-0.3, -0.25) is 14.8 Å². The summed E-state index contributed by atoms with van der Waals surface area (Å²) in [6.07, 6.45) is 4.97. The topological polar surface area (TPSA) is 124 Å². The van der Waals surface area contributed by atoms with Crippen LogP contribution >= 0.6 is 0 Å². The predicted octanol–water partition coefficient (Wildman–Crippen LogP) is 5.03. The molecule has 10 nitrogen and oxygen atoms in total. The molecule has 5 aromatic rings. The number of methoxy groups -OCH3 is 2. The van der Waals surface area contributed by atoms with Gasteiger partial charge in [-0.1, -0.05) is 0 Å². The van der Waals surface area contributed by atoms with Gasteiger partial charge >= 0.3 is 0 Å². The summed E-state index contributed by atoms with van der Waals surface area (Å²) < 4.78 is 24.2. The molecule has 0 spiro atoms. The number of anilines is 1. The first-order chi connectivity index (χ1) is 19.0. The van der Waals surface area contributed by atoms with Crippen LogP contribution in [0.5, 0.6) is 28.7 Å². The van der Waals surface area contributed by atoms with Crippen molar-refractivity contribution in [2.75, 3.05) is 26.6 Å². The summed E-state index contributed by atoms with van der Waals surface area (Å²) in [5, 5.41) is 5.24. The van der Waals surface area contributed by atoms with Crippen molar-refractivity contribution in [1.29, 1.82) is 0 Å². The number of hydrogen-bond acceptors (Lipinski definition) is 9. The smallest absolute Gasteiger partial charge is 0.192 e. The van der Waals surface area contributed by atoms with E-state index in [1.165, 1.54) is 0 Å².